The number of primary amides is 1. The number of morpholine rings is 1. The predicted molar refractivity (Wildman–Crippen MR) is 108 cm³/mol. The van der Waals surface area contributed by atoms with Gasteiger partial charge in [-0.3, -0.25) is 9.59 Å². The minimum absolute atomic E-state index is 0.0621. The van der Waals surface area contributed by atoms with Crippen LogP contribution in [0.4, 0.5) is 9.39 Å². The largest absolute Gasteiger partial charge is 0.452 e. The van der Waals surface area contributed by atoms with Gasteiger partial charge in [0.2, 0.25) is 10.0 Å². The highest BCUT2D eigenvalue weighted by atomic mass is 32.2. The Balaban J connectivity index is 1.68. The van der Waals surface area contributed by atoms with Crippen LogP contribution in [0, 0.1) is 5.82 Å². The molecule has 1 aliphatic rings. The van der Waals surface area contributed by atoms with Gasteiger partial charge in [0.15, 0.2) is 6.61 Å². The third kappa shape index (κ3) is 5.25. The van der Waals surface area contributed by atoms with Gasteiger partial charge in [0.25, 0.3) is 11.8 Å². The fourth-order valence-electron chi connectivity index (χ4n) is 2.73. The van der Waals surface area contributed by atoms with Crippen molar-refractivity contribution in [1.29, 1.82) is 0 Å². The molecule has 3 rings (SSSR count). The van der Waals surface area contributed by atoms with Gasteiger partial charge in [0.05, 0.1) is 24.3 Å². The van der Waals surface area contributed by atoms with Crippen molar-refractivity contribution in [2.45, 2.75) is 4.90 Å². The van der Waals surface area contributed by atoms with Gasteiger partial charge in [0, 0.05) is 13.1 Å². The Morgan fingerprint density at radius 1 is 1.23 bits per heavy atom. The van der Waals surface area contributed by atoms with E-state index in [1.807, 2.05) is 0 Å². The Hall–Kier alpha value is -2.87. The molecule has 1 saturated heterocycles. The van der Waals surface area contributed by atoms with Crippen LogP contribution in [0.25, 0.3) is 0 Å². The fraction of sp³-hybridized carbons (Fsp3) is 0.278. The molecule has 0 aliphatic carbocycles. The van der Waals surface area contributed by atoms with E-state index in [1.165, 1.54) is 6.07 Å². The summed E-state index contributed by atoms with van der Waals surface area (Å²) in [6.07, 6.45) is 0. The lowest BCUT2D eigenvalue weighted by atomic mass is 10.2. The number of hydrogen-bond donors (Lipinski definition) is 2. The molecule has 2 aromatic rings. The number of ether oxygens (including phenoxy) is 2. The highest BCUT2D eigenvalue weighted by Crippen LogP contribution is 2.23. The number of esters is 1. The summed E-state index contributed by atoms with van der Waals surface area (Å²) < 4.78 is 50.6. The number of anilines is 1. The lowest BCUT2D eigenvalue weighted by Gasteiger charge is -2.26. The van der Waals surface area contributed by atoms with Gasteiger partial charge in [-0.05, 0) is 29.6 Å². The molecule has 1 aliphatic heterocycles. The van der Waals surface area contributed by atoms with E-state index in [0.717, 1.165) is 33.8 Å². The van der Waals surface area contributed by atoms with Crippen molar-refractivity contribution < 1.29 is 36.7 Å². The van der Waals surface area contributed by atoms with Crippen molar-refractivity contribution >= 4 is 44.1 Å². The van der Waals surface area contributed by atoms with Crippen LogP contribution in [0.15, 0.2) is 34.5 Å². The monoisotopic (exact) mass is 471 g/mol. The molecular formula is C18H18FN3O7S2. The molecule has 0 unspecified atom stereocenters. The van der Waals surface area contributed by atoms with Gasteiger partial charge in [-0.25, -0.2) is 17.6 Å². The third-order valence-corrected chi connectivity index (χ3v) is 7.02. The molecule has 13 heteroatoms. The average molecular weight is 471 g/mol. The van der Waals surface area contributed by atoms with E-state index < -0.39 is 45.1 Å². The van der Waals surface area contributed by atoms with Crippen LogP contribution in [0.5, 0.6) is 0 Å². The second kappa shape index (κ2) is 9.51. The fourth-order valence-corrected chi connectivity index (χ4v) is 5.04. The first-order valence-corrected chi connectivity index (χ1v) is 11.2. The summed E-state index contributed by atoms with van der Waals surface area (Å²) in [5.74, 6) is -3.50. The molecule has 0 saturated carbocycles. The quantitative estimate of drug-likeness (QED) is 0.568. The van der Waals surface area contributed by atoms with Crippen molar-refractivity contribution in [2.24, 2.45) is 5.73 Å². The first-order chi connectivity index (χ1) is 14.7. The van der Waals surface area contributed by atoms with Crippen LogP contribution in [0.2, 0.25) is 0 Å². The normalized spacial score (nSPS) is 14.7. The molecule has 0 atom stereocenters. The van der Waals surface area contributed by atoms with Crippen molar-refractivity contribution in [3.8, 4) is 0 Å². The van der Waals surface area contributed by atoms with Crippen LogP contribution in [-0.4, -0.2) is 63.4 Å². The van der Waals surface area contributed by atoms with Gasteiger partial charge in [-0.15, -0.1) is 11.3 Å². The zero-order valence-electron chi connectivity index (χ0n) is 16.0. The average Bonchev–Trinajstić information content (AvgIpc) is 3.21. The molecule has 2 amide bonds. The van der Waals surface area contributed by atoms with E-state index in [2.05, 4.69) is 5.32 Å². The van der Waals surface area contributed by atoms with E-state index in [9.17, 15) is 27.2 Å². The number of benzene rings is 1. The van der Waals surface area contributed by atoms with E-state index in [-0.39, 0.29) is 42.4 Å². The van der Waals surface area contributed by atoms with Crippen LogP contribution in [0.3, 0.4) is 0 Å². The van der Waals surface area contributed by atoms with Crippen LogP contribution >= 0.6 is 11.3 Å². The maximum atomic E-state index is 14.2. The van der Waals surface area contributed by atoms with Crippen LogP contribution in [-0.2, 0) is 24.3 Å². The van der Waals surface area contributed by atoms with E-state index >= 15 is 0 Å². The van der Waals surface area contributed by atoms with Gasteiger partial charge in [-0.2, -0.15) is 4.31 Å². The minimum Gasteiger partial charge on any atom is -0.452 e. The molecule has 3 N–H and O–H groups in total. The van der Waals surface area contributed by atoms with E-state index in [1.54, 1.807) is 5.38 Å². The Morgan fingerprint density at radius 2 is 1.94 bits per heavy atom. The summed E-state index contributed by atoms with van der Waals surface area (Å²) in [6, 6.07) is 4.20. The Labute approximate surface area is 180 Å². The SMILES string of the molecule is NC(=O)c1ccsc1NC(=O)COC(=O)c1ccc(F)c(S(=O)(=O)N2CCOCC2)c1. The standard InChI is InChI=1S/C18H18FN3O7S2/c19-13-2-1-11(9-14(13)31(26,27)22-4-6-28-7-5-22)18(25)29-10-15(23)21-17-12(16(20)24)3-8-30-17/h1-3,8-9H,4-7,10H2,(H2,20,24)(H,21,23). The molecular weight excluding hydrogens is 453 g/mol. The summed E-state index contributed by atoms with van der Waals surface area (Å²) in [7, 11) is -4.18. The Kier molecular flexibility index (Phi) is 7.00. The molecule has 1 fully saturated rings. The van der Waals surface area contributed by atoms with Crippen molar-refractivity contribution in [3.63, 3.8) is 0 Å². The third-order valence-electron chi connectivity index (χ3n) is 4.27. The summed E-state index contributed by atoms with van der Waals surface area (Å²) in [5.41, 5.74) is 5.06. The maximum Gasteiger partial charge on any atom is 0.338 e. The summed E-state index contributed by atoms with van der Waals surface area (Å²) in [4.78, 5) is 34.9. The second-order valence-corrected chi connectivity index (χ2v) is 9.14. The van der Waals surface area contributed by atoms with Gasteiger partial charge in [-0.1, -0.05) is 0 Å². The molecule has 1 aromatic heterocycles. The van der Waals surface area contributed by atoms with Gasteiger partial charge < -0.3 is 20.5 Å². The predicted octanol–water partition coefficient (Wildman–Crippen LogP) is 0.802. The van der Waals surface area contributed by atoms with E-state index in [4.69, 9.17) is 15.2 Å². The number of nitrogens with two attached hydrogens (primary N) is 1. The summed E-state index contributed by atoms with van der Waals surface area (Å²) in [6.45, 7) is -0.226. The summed E-state index contributed by atoms with van der Waals surface area (Å²) in [5, 5.41) is 4.15. The Morgan fingerprint density at radius 3 is 2.61 bits per heavy atom. The van der Waals surface area contributed by atoms with Gasteiger partial charge >= 0.3 is 5.97 Å². The lowest BCUT2D eigenvalue weighted by molar-refractivity contribution is -0.119. The molecule has 31 heavy (non-hydrogen) atoms. The molecule has 0 bridgehead atoms. The van der Waals surface area contributed by atoms with Crippen molar-refractivity contribution in [2.75, 3.05) is 38.2 Å². The molecule has 0 spiro atoms. The zero-order valence-corrected chi connectivity index (χ0v) is 17.6. The smallest absolute Gasteiger partial charge is 0.338 e. The van der Waals surface area contributed by atoms with Crippen LogP contribution in [0.1, 0.15) is 20.7 Å². The highest BCUT2D eigenvalue weighted by Gasteiger charge is 2.30. The number of hydrogen-bond acceptors (Lipinski definition) is 8. The van der Waals surface area contributed by atoms with Crippen molar-refractivity contribution in [3.05, 3.63) is 46.6 Å². The number of carbonyl (C=O) groups excluding carboxylic acids is 3. The molecule has 0 radical (unpaired) electrons. The number of sulfonamides is 1. The number of nitrogens with zero attached hydrogens (tertiary/aromatic N) is 1. The topological polar surface area (TPSA) is 145 Å². The number of rotatable bonds is 7. The van der Waals surface area contributed by atoms with Gasteiger partial charge in [0.1, 0.15) is 15.7 Å². The first kappa shape index (κ1) is 22.8. The minimum atomic E-state index is -4.18. The van der Waals surface area contributed by atoms with E-state index in [0.29, 0.717) is 0 Å². The number of thiophene rings is 1. The molecule has 166 valence electrons. The van der Waals surface area contributed by atoms with Crippen LogP contribution < -0.4 is 11.1 Å². The maximum absolute atomic E-state index is 14.2. The highest BCUT2D eigenvalue weighted by molar-refractivity contribution is 7.89. The zero-order chi connectivity index (χ0) is 22.6. The lowest BCUT2D eigenvalue weighted by Crippen LogP contribution is -2.41. The number of halogens is 1. The summed E-state index contributed by atoms with van der Waals surface area (Å²) >= 11 is 1.06. The Bertz CT molecular complexity index is 1110. The number of nitrogens with one attached hydrogen (secondary N) is 1. The molecule has 1 aromatic carbocycles. The molecule has 10 nitrogen and oxygen atoms in total. The number of amides is 2. The second-order valence-electron chi connectivity index (χ2n) is 6.31. The molecule has 2 heterocycles. The van der Waals surface area contributed by atoms with Crippen molar-refractivity contribution in [1.82, 2.24) is 4.31 Å². The first-order valence-electron chi connectivity index (χ1n) is 8.92. The number of carbonyl (C=O) groups is 3.